The zero-order valence-electron chi connectivity index (χ0n) is 12.0. The highest BCUT2D eigenvalue weighted by Crippen LogP contribution is 2.22. The van der Waals surface area contributed by atoms with Crippen LogP contribution in [-0.4, -0.2) is 29.2 Å². The first-order chi connectivity index (χ1) is 10.6. The van der Waals surface area contributed by atoms with E-state index in [1.54, 1.807) is 37.4 Å². The van der Waals surface area contributed by atoms with Gasteiger partial charge in [-0.25, -0.2) is 13.1 Å². The number of sulfone groups is 1. The van der Waals surface area contributed by atoms with Crippen molar-refractivity contribution in [1.82, 2.24) is 15.0 Å². The predicted molar refractivity (Wildman–Crippen MR) is 84.5 cm³/mol. The number of nitrogens with zero attached hydrogens (tertiary/aromatic N) is 3. The van der Waals surface area contributed by atoms with Crippen LogP contribution in [0.1, 0.15) is 6.92 Å². The molecule has 1 heterocycles. The molecule has 3 aromatic rings. The third-order valence-corrected chi connectivity index (χ3v) is 5.17. The molecule has 0 amide bonds. The molecule has 0 spiro atoms. The first-order valence-electron chi connectivity index (χ1n) is 6.92. The minimum atomic E-state index is -3.32. The summed E-state index contributed by atoms with van der Waals surface area (Å²) in [6.07, 6.45) is 1.74. The lowest BCUT2D eigenvalue weighted by molar-refractivity contribution is 0.596. The standard InChI is InChI=1S/C16H15N3O2S/c1-2-22(20,21)16-11-7-6-10-15(16)19-12-14(17-18-19)13-8-4-3-5-9-13/h3-12H,2H2,1H3. The second kappa shape index (κ2) is 5.73. The molecule has 0 unspecified atom stereocenters. The third kappa shape index (κ3) is 2.65. The minimum absolute atomic E-state index is 0.0459. The van der Waals surface area contributed by atoms with Gasteiger partial charge in [-0.1, -0.05) is 54.6 Å². The molecule has 112 valence electrons. The van der Waals surface area contributed by atoms with Gasteiger partial charge in [-0.15, -0.1) is 5.10 Å². The number of hydrogen-bond acceptors (Lipinski definition) is 4. The van der Waals surface area contributed by atoms with Crippen molar-refractivity contribution in [2.24, 2.45) is 0 Å². The highest BCUT2D eigenvalue weighted by molar-refractivity contribution is 7.91. The Morgan fingerprint density at radius 1 is 1.00 bits per heavy atom. The van der Waals surface area contributed by atoms with E-state index in [1.165, 1.54) is 4.68 Å². The highest BCUT2D eigenvalue weighted by atomic mass is 32.2. The molecule has 3 rings (SSSR count). The van der Waals surface area contributed by atoms with Crippen molar-refractivity contribution in [3.05, 3.63) is 60.8 Å². The maximum atomic E-state index is 12.2. The Bertz CT molecular complexity index is 887. The third-order valence-electron chi connectivity index (χ3n) is 3.39. The zero-order chi connectivity index (χ0) is 15.6. The highest BCUT2D eigenvalue weighted by Gasteiger charge is 2.18. The van der Waals surface area contributed by atoms with Crippen molar-refractivity contribution < 1.29 is 8.42 Å². The number of para-hydroxylation sites is 1. The van der Waals surface area contributed by atoms with Crippen LogP contribution in [0, 0.1) is 0 Å². The molecule has 6 heteroatoms. The molecule has 0 aliphatic rings. The lowest BCUT2D eigenvalue weighted by atomic mass is 10.2. The van der Waals surface area contributed by atoms with Gasteiger partial charge in [0.1, 0.15) is 5.69 Å². The molecule has 0 aliphatic heterocycles. The number of rotatable bonds is 4. The maximum absolute atomic E-state index is 12.2. The van der Waals surface area contributed by atoms with Gasteiger partial charge in [0.05, 0.1) is 22.5 Å². The fourth-order valence-corrected chi connectivity index (χ4v) is 3.26. The van der Waals surface area contributed by atoms with Crippen molar-refractivity contribution >= 4 is 9.84 Å². The van der Waals surface area contributed by atoms with Gasteiger partial charge in [0.15, 0.2) is 9.84 Å². The summed E-state index contributed by atoms with van der Waals surface area (Å²) in [5.41, 5.74) is 2.15. The van der Waals surface area contributed by atoms with Crippen LogP contribution in [0.3, 0.4) is 0 Å². The van der Waals surface area contributed by atoms with Gasteiger partial charge < -0.3 is 0 Å². The summed E-state index contributed by atoms with van der Waals surface area (Å²) < 4.78 is 25.9. The molecule has 0 fully saturated rings. The summed E-state index contributed by atoms with van der Waals surface area (Å²) in [5.74, 6) is 0.0459. The molecule has 0 atom stereocenters. The quantitative estimate of drug-likeness (QED) is 0.743. The summed E-state index contributed by atoms with van der Waals surface area (Å²) in [6, 6.07) is 16.5. The first kappa shape index (κ1) is 14.5. The van der Waals surface area contributed by atoms with E-state index in [1.807, 2.05) is 30.3 Å². The van der Waals surface area contributed by atoms with Gasteiger partial charge >= 0.3 is 0 Å². The lowest BCUT2D eigenvalue weighted by Gasteiger charge is -2.08. The van der Waals surface area contributed by atoms with Gasteiger partial charge in [0.2, 0.25) is 0 Å². The SMILES string of the molecule is CCS(=O)(=O)c1ccccc1-n1cc(-c2ccccc2)nn1. The number of aromatic nitrogens is 3. The Labute approximate surface area is 129 Å². The van der Waals surface area contributed by atoms with Crippen LogP contribution in [-0.2, 0) is 9.84 Å². The zero-order valence-corrected chi connectivity index (χ0v) is 12.9. The molecule has 1 aromatic heterocycles. The van der Waals surface area contributed by atoms with E-state index in [4.69, 9.17) is 0 Å². The Kier molecular flexibility index (Phi) is 3.77. The first-order valence-corrected chi connectivity index (χ1v) is 8.57. The van der Waals surface area contributed by atoms with E-state index < -0.39 is 9.84 Å². The average Bonchev–Trinajstić information content (AvgIpc) is 3.05. The Morgan fingerprint density at radius 2 is 1.68 bits per heavy atom. The van der Waals surface area contributed by atoms with E-state index in [0.29, 0.717) is 11.4 Å². The van der Waals surface area contributed by atoms with Gasteiger partial charge in [0.25, 0.3) is 0 Å². The van der Waals surface area contributed by atoms with Gasteiger partial charge in [-0.2, -0.15) is 0 Å². The van der Waals surface area contributed by atoms with Gasteiger partial charge in [-0.3, -0.25) is 0 Å². The molecule has 0 bridgehead atoms. The van der Waals surface area contributed by atoms with Gasteiger partial charge in [-0.05, 0) is 12.1 Å². The Balaban J connectivity index is 2.09. The second-order valence-corrected chi connectivity index (χ2v) is 7.03. The molecule has 0 saturated carbocycles. The van der Waals surface area contributed by atoms with Crippen LogP contribution in [0.15, 0.2) is 65.7 Å². The summed E-state index contributed by atoms with van der Waals surface area (Å²) in [5, 5.41) is 8.20. The van der Waals surface area contributed by atoms with Crippen LogP contribution in [0.4, 0.5) is 0 Å². The fourth-order valence-electron chi connectivity index (χ4n) is 2.19. The topological polar surface area (TPSA) is 64.8 Å². The number of hydrogen-bond donors (Lipinski definition) is 0. The van der Waals surface area contributed by atoms with Crippen molar-refractivity contribution in [1.29, 1.82) is 0 Å². The van der Waals surface area contributed by atoms with Crippen molar-refractivity contribution in [2.45, 2.75) is 11.8 Å². The Morgan fingerprint density at radius 3 is 2.41 bits per heavy atom. The maximum Gasteiger partial charge on any atom is 0.180 e. The fraction of sp³-hybridized carbons (Fsp3) is 0.125. The Hall–Kier alpha value is -2.47. The molecule has 0 N–H and O–H groups in total. The molecule has 0 aliphatic carbocycles. The van der Waals surface area contributed by atoms with E-state index >= 15 is 0 Å². The minimum Gasteiger partial charge on any atom is -0.224 e. The van der Waals surface area contributed by atoms with Crippen molar-refractivity contribution in [3.8, 4) is 16.9 Å². The van der Waals surface area contributed by atoms with Crippen LogP contribution in [0.25, 0.3) is 16.9 Å². The largest absolute Gasteiger partial charge is 0.224 e. The summed E-state index contributed by atoms with van der Waals surface area (Å²) >= 11 is 0. The van der Waals surface area contributed by atoms with E-state index in [2.05, 4.69) is 10.3 Å². The van der Waals surface area contributed by atoms with Gasteiger partial charge in [0, 0.05) is 5.56 Å². The average molecular weight is 313 g/mol. The monoisotopic (exact) mass is 313 g/mol. The lowest BCUT2D eigenvalue weighted by Crippen LogP contribution is -2.09. The summed E-state index contributed by atoms with van der Waals surface area (Å²) in [4.78, 5) is 0.266. The van der Waals surface area contributed by atoms with Crippen molar-refractivity contribution in [2.75, 3.05) is 5.75 Å². The predicted octanol–water partition coefficient (Wildman–Crippen LogP) is 2.73. The summed E-state index contributed by atoms with van der Waals surface area (Å²) in [6.45, 7) is 1.63. The van der Waals surface area contributed by atoms with E-state index in [-0.39, 0.29) is 10.6 Å². The smallest absolute Gasteiger partial charge is 0.180 e. The van der Waals surface area contributed by atoms with E-state index in [0.717, 1.165) is 5.56 Å². The van der Waals surface area contributed by atoms with Crippen LogP contribution >= 0.6 is 0 Å². The second-order valence-electron chi connectivity index (χ2n) is 4.79. The molecule has 2 aromatic carbocycles. The molecule has 0 saturated heterocycles. The van der Waals surface area contributed by atoms with Crippen molar-refractivity contribution in [3.63, 3.8) is 0 Å². The normalized spacial score (nSPS) is 11.5. The van der Waals surface area contributed by atoms with E-state index in [9.17, 15) is 8.42 Å². The van der Waals surface area contributed by atoms with Crippen LogP contribution in [0.5, 0.6) is 0 Å². The molecule has 5 nitrogen and oxygen atoms in total. The number of benzene rings is 2. The summed E-state index contributed by atoms with van der Waals surface area (Å²) in [7, 11) is -3.32. The van der Waals surface area contributed by atoms with Crippen LogP contribution in [0.2, 0.25) is 0 Å². The molecular weight excluding hydrogens is 298 g/mol. The van der Waals surface area contributed by atoms with Crippen LogP contribution < -0.4 is 0 Å². The molecule has 0 radical (unpaired) electrons. The molecule has 22 heavy (non-hydrogen) atoms. The molecular formula is C16H15N3O2S.